The molecule has 4 aliphatic carbocycles. The lowest BCUT2D eigenvalue weighted by atomic mass is 9.56. The Balaban J connectivity index is 1.33. The molecular formula is C45H56O10S2. The molecule has 57 heavy (non-hydrogen) atoms. The third kappa shape index (κ3) is 6.25. The Morgan fingerprint density at radius 1 is 0.895 bits per heavy atom. The van der Waals surface area contributed by atoms with Gasteiger partial charge in [0.15, 0.2) is 17.1 Å². The normalized spacial score (nSPS) is 32.1. The first-order valence-electron chi connectivity index (χ1n) is 20.9. The van der Waals surface area contributed by atoms with Gasteiger partial charge in [-0.15, -0.1) is 0 Å². The van der Waals surface area contributed by atoms with Gasteiger partial charge in [-0.1, -0.05) is 54.3 Å². The maximum Gasteiger partial charge on any atom is 0.207 e. The summed E-state index contributed by atoms with van der Waals surface area (Å²) < 4.78 is 25.0. The molecular weight excluding hydrogens is 765 g/mol. The first kappa shape index (κ1) is 39.3. The van der Waals surface area contributed by atoms with Crippen molar-refractivity contribution in [1.82, 2.24) is 0 Å². The number of phenols is 3. The maximum absolute atomic E-state index is 13.4. The predicted molar refractivity (Wildman–Crippen MR) is 221 cm³/mol. The monoisotopic (exact) mass is 820 g/mol. The van der Waals surface area contributed by atoms with Gasteiger partial charge in [-0.2, -0.15) is 0 Å². The average Bonchev–Trinajstić information content (AvgIpc) is 3.24. The number of hydrogen-bond donors (Lipinski definition) is 6. The molecule has 0 aromatic heterocycles. The van der Waals surface area contributed by atoms with Crippen molar-refractivity contribution < 1.29 is 49.6 Å². The summed E-state index contributed by atoms with van der Waals surface area (Å²) in [6, 6.07) is 8.99. The van der Waals surface area contributed by atoms with Gasteiger partial charge in [0, 0.05) is 44.6 Å². The summed E-state index contributed by atoms with van der Waals surface area (Å²) >= 11 is 0. The second kappa shape index (κ2) is 15.1. The van der Waals surface area contributed by atoms with Crippen molar-refractivity contribution in [1.29, 1.82) is 0 Å². The molecule has 1 spiro atoms. The molecule has 9 rings (SSSR count). The molecule has 9 atom stereocenters. The van der Waals surface area contributed by atoms with Gasteiger partial charge in [0.25, 0.3) is 0 Å². The molecule has 1 saturated heterocycles. The van der Waals surface area contributed by atoms with E-state index < -0.39 is 22.4 Å². The second-order valence-electron chi connectivity index (χ2n) is 17.7. The number of methoxy groups -OCH3 is 1. The van der Waals surface area contributed by atoms with Crippen LogP contribution in [0.1, 0.15) is 118 Å². The molecule has 3 fully saturated rings. The van der Waals surface area contributed by atoms with Crippen LogP contribution >= 0.6 is 21.6 Å². The van der Waals surface area contributed by atoms with Crippen molar-refractivity contribution in [3.05, 3.63) is 52.6 Å². The highest BCUT2D eigenvalue weighted by Gasteiger charge is 2.65. The highest BCUT2D eigenvalue weighted by Crippen LogP contribution is 2.71. The summed E-state index contributed by atoms with van der Waals surface area (Å²) in [6.07, 6.45) is 8.07. The summed E-state index contributed by atoms with van der Waals surface area (Å²) in [5.74, 6) is 0.852. The maximum atomic E-state index is 13.4. The van der Waals surface area contributed by atoms with Crippen LogP contribution in [0.2, 0.25) is 0 Å². The minimum absolute atomic E-state index is 0.0255. The molecule has 10 nitrogen and oxygen atoms in total. The van der Waals surface area contributed by atoms with Crippen molar-refractivity contribution in [3.8, 4) is 51.4 Å². The quantitative estimate of drug-likeness (QED) is 0.109. The molecule has 12 heteroatoms. The van der Waals surface area contributed by atoms with Gasteiger partial charge in [0.2, 0.25) is 11.5 Å². The molecule has 2 aliphatic heterocycles. The molecule has 308 valence electrons. The zero-order valence-electron chi connectivity index (χ0n) is 33.0. The number of hydrogen-bond acceptors (Lipinski definition) is 12. The second-order valence-corrected chi connectivity index (χ2v) is 20.7. The minimum atomic E-state index is -1.47. The van der Waals surface area contributed by atoms with E-state index in [4.69, 9.17) is 18.9 Å². The average molecular weight is 821 g/mol. The lowest BCUT2D eigenvalue weighted by Gasteiger charge is -2.59. The van der Waals surface area contributed by atoms with Gasteiger partial charge < -0.3 is 49.6 Å². The van der Waals surface area contributed by atoms with E-state index in [0.29, 0.717) is 54.0 Å². The van der Waals surface area contributed by atoms with E-state index >= 15 is 0 Å². The summed E-state index contributed by atoms with van der Waals surface area (Å²) in [5.41, 5.74) is 3.27. The number of fused-ring (bicyclic) bond motifs is 10. The third-order valence-electron chi connectivity index (χ3n) is 14.3. The summed E-state index contributed by atoms with van der Waals surface area (Å²) in [4.78, 5) is 0. The van der Waals surface area contributed by atoms with E-state index in [9.17, 15) is 30.6 Å². The van der Waals surface area contributed by atoms with Crippen LogP contribution in [0.3, 0.4) is 0 Å². The zero-order chi connectivity index (χ0) is 39.8. The van der Waals surface area contributed by atoms with Gasteiger partial charge in [-0.25, -0.2) is 0 Å². The Bertz CT molecular complexity index is 2020. The van der Waals surface area contributed by atoms with Crippen LogP contribution in [-0.4, -0.2) is 80.3 Å². The number of ether oxygens (including phenoxy) is 4. The van der Waals surface area contributed by atoms with Crippen LogP contribution in [-0.2, 0) is 5.60 Å². The van der Waals surface area contributed by atoms with Crippen LogP contribution in [0.4, 0.5) is 0 Å². The Morgan fingerprint density at radius 3 is 2.47 bits per heavy atom. The van der Waals surface area contributed by atoms with Crippen LogP contribution < -0.4 is 18.9 Å². The van der Waals surface area contributed by atoms with Crippen molar-refractivity contribution >= 4 is 21.6 Å². The van der Waals surface area contributed by atoms with Crippen molar-refractivity contribution in [2.45, 2.75) is 118 Å². The Labute approximate surface area is 342 Å². The van der Waals surface area contributed by atoms with Crippen molar-refractivity contribution in [2.75, 3.05) is 33.5 Å². The fraction of sp³-hybridized carbons (Fsp3) is 0.600. The van der Waals surface area contributed by atoms with Crippen LogP contribution in [0, 0.1) is 17.8 Å². The molecule has 6 aliphatic rings. The minimum Gasteiger partial charge on any atom is -0.508 e. The largest absolute Gasteiger partial charge is 0.508 e. The van der Waals surface area contributed by atoms with Gasteiger partial charge in [0.05, 0.1) is 26.9 Å². The van der Waals surface area contributed by atoms with E-state index in [-0.39, 0.29) is 66.0 Å². The molecule has 3 aromatic rings. The first-order chi connectivity index (χ1) is 27.5. The van der Waals surface area contributed by atoms with E-state index in [0.717, 1.165) is 66.3 Å². The Kier molecular flexibility index (Phi) is 10.4. The highest BCUT2D eigenvalue weighted by atomic mass is 33.1. The number of aliphatic hydroxyl groups is 3. The first-order valence-corrected chi connectivity index (χ1v) is 23.1. The lowest BCUT2D eigenvalue weighted by Crippen LogP contribution is -2.61. The number of rotatable bonds is 10. The molecule has 8 bridgehead atoms. The topological polar surface area (TPSA) is 158 Å². The van der Waals surface area contributed by atoms with Crippen LogP contribution in [0.5, 0.6) is 40.2 Å². The van der Waals surface area contributed by atoms with E-state index in [2.05, 4.69) is 13.8 Å². The third-order valence-corrected chi connectivity index (χ3v) is 18.2. The predicted octanol–water partition coefficient (Wildman–Crippen LogP) is 8.47. The van der Waals surface area contributed by atoms with E-state index in [1.165, 1.54) is 20.0 Å². The number of aliphatic hydroxyl groups excluding tert-OH is 3. The SMILES string of the molecule is COc1c(O)c(OCCC(C)C)cc([C@@]23CC[C@@]45CC[C@H](C[C@@H]6c7cc(O)ccc7-c7c(OCCO)cc(c(c7[C@@H]6CO)[C@@H]4[C@H]2O)O3)[C@H]2CCC[C@H](C2)SS5)c1O. The standard InChI is InChI=1S/C45H56O10S2/c1-23(2)10-15-53-35-20-32(40(49)42(52-3)41(35)50)45-13-12-44-11-9-25(24-5-4-6-27(17-24)56-57-44)18-29-30-19-26(48)7-8-28(30)36-33(54-16-14-46)21-34(55-45)38(39(44)43(45)51)37(36)31(29)22-47/h7-8,19-21,23-25,27,29,31,39,43,46-51H,4-6,9-18,22H2,1-3H3/t24-,25+,27+,29+,31+,39+,43+,44-,45-/m0/s1. The zero-order valence-corrected chi connectivity index (χ0v) is 34.7. The number of aromatic hydroxyl groups is 3. The summed E-state index contributed by atoms with van der Waals surface area (Å²) in [5, 5.41) is 69.8. The summed E-state index contributed by atoms with van der Waals surface area (Å²) in [6.45, 7) is 4.18. The van der Waals surface area contributed by atoms with Gasteiger partial charge in [0.1, 0.15) is 30.0 Å². The van der Waals surface area contributed by atoms with Crippen LogP contribution in [0.15, 0.2) is 30.3 Å². The highest BCUT2D eigenvalue weighted by molar-refractivity contribution is 8.77. The Morgan fingerprint density at radius 2 is 1.70 bits per heavy atom. The number of phenolic OH excluding ortho intramolecular Hbond substituents is 3. The smallest absolute Gasteiger partial charge is 0.207 e. The van der Waals surface area contributed by atoms with Gasteiger partial charge in [-0.05, 0) is 110 Å². The Hall–Kier alpha value is -3.16. The molecule has 0 amide bonds. The lowest BCUT2D eigenvalue weighted by molar-refractivity contribution is -0.124. The molecule has 2 heterocycles. The fourth-order valence-electron chi connectivity index (χ4n) is 11.6. The van der Waals surface area contributed by atoms with Gasteiger partial charge in [-0.3, -0.25) is 0 Å². The molecule has 0 radical (unpaired) electrons. The number of benzene rings is 3. The molecule has 0 unspecified atom stereocenters. The fourth-order valence-corrected chi connectivity index (χ4v) is 15.5. The molecule has 3 aromatic carbocycles. The van der Waals surface area contributed by atoms with Crippen LogP contribution in [0.25, 0.3) is 11.1 Å². The molecule has 2 saturated carbocycles. The summed E-state index contributed by atoms with van der Waals surface area (Å²) in [7, 11) is 5.31. The van der Waals surface area contributed by atoms with Crippen molar-refractivity contribution in [2.24, 2.45) is 17.8 Å². The van der Waals surface area contributed by atoms with Crippen molar-refractivity contribution in [3.63, 3.8) is 0 Å². The molecule has 6 N–H and O–H groups in total. The van der Waals surface area contributed by atoms with Gasteiger partial charge >= 0.3 is 0 Å². The van der Waals surface area contributed by atoms with E-state index in [1.807, 2.05) is 39.8 Å². The van der Waals surface area contributed by atoms with E-state index in [1.54, 1.807) is 12.1 Å².